The van der Waals surface area contributed by atoms with Crippen molar-refractivity contribution < 1.29 is 29.3 Å². The van der Waals surface area contributed by atoms with Crippen LogP contribution in [0.5, 0.6) is 0 Å². The van der Waals surface area contributed by atoms with Crippen LogP contribution in [0.4, 0.5) is 0 Å². The number of allylic oxidation sites excluding steroid dienone is 8. The molecule has 0 saturated carbocycles. The van der Waals surface area contributed by atoms with Crippen LogP contribution in [0.1, 0.15) is 175 Å². The maximum Gasteiger partial charge on any atom is 0.306 e. The molecule has 0 heterocycles. The van der Waals surface area contributed by atoms with E-state index in [2.05, 4.69) is 44.2 Å². The highest BCUT2D eigenvalue weighted by molar-refractivity contribution is 5.70. The average molecular weight is 701 g/mol. The standard InChI is InChI=1S/C44H76O6/c1-4-6-34-41(46)35-30-26-22-18-14-11-12-15-19-23-27-31-36-43(47)49-39-42(38-45)50-44(48)37-32-28-24-20-16-10-8-7-9-13-17-21-25-29-33-40(3)5-2/h6,11-12,18-19,22-23,26,30,34,40-42,45-46H,4-5,7-10,13-17,20-21,24-25,27-29,31-33,35-39H2,1-3H3/b12-11-,22-18-,23-19-,30-26+,34-6-/t40?,41?,42-/m0/s1. The summed E-state index contributed by atoms with van der Waals surface area (Å²) in [6.07, 6.45) is 44.8. The molecule has 50 heavy (non-hydrogen) atoms. The van der Waals surface area contributed by atoms with Crippen LogP contribution in [0, 0.1) is 5.92 Å². The topological polar surface area (TPSA) is 93.1 Å². The molecule has 0 radical (unpaired) electrons. The van der Waals surface area contributed by atoms with Crippen molar-refractivity contribution in [3.8, 4) is 0 Å². The Morgan fingerprint density at radius 1 is 0.640 bits per heavy atom. The van der Waals surface area contributed by atoms with Crippen LogP contribution in [0.15, 0.2) is 60.8 Å². The first-order valence-corrected chi connectivity index (χ1v) is 20.3. The highest BCUT2D eigenvalue weighted by Crippen LogP contribution is 2.16. The minimum Gasteiger partial charge on any atom is -0.462 e. The van der Waals surface area contributed by atoms with E-state index in [1.165, 1.54) is 83.5 Å². The second-order valence-electron chi connectivity index (χ2n) is 13.8. The lowest BCUT2D eigenvalue weighted by molar-refractivity contribution is -0.161. The first-order valence-electron chi connectivity index (χ1n) is 20.3. The second-order valence-corrected chi connectivity index (χ2v) is 13.8. The number of unbranched alkanes of at least 4 members (excludes halogenated alkanes) is 14. The largest absolute Gasteiger partial charge is 0.462 e. The zero-order valence-electron chi connectivity index (χ0n) is 32.4. The van der Waals surface area contributed by atoms with Crippen molar-refractivity contribution in [1.29, 1.82) is 0 Å². The van der Waals surface area contributed by atoms with Gasteiger partial charge in [-0.15, -0.1) is 0 Å². The number of ether oxygens (including phenoxy) is 2. The SMILES string of the molecule is CC/C=C\C(O)C/C=C/C=C\C/C=C\C/C=C\CCCC(=O)OC[C@H](CO)OC(=O)CCCCCCCCCCCCCCCCC(C)CC. The van der Waals surface area contributed by atoms with Crippen molar-refractivity contribution in [2.24, 2.45) is 5.92 Å². The van der Waals surface area contributed by atoms with Gasteiger partial charge < -0.3 is 19.7 Å². The number of carbonyl (C=O) groups is 2. The molecule has 0 amide bonds. The molecule has 0 aliphatic rings. The van der Waals surface area contributed by atoms with Gasteiger partial charge in [0.1, 0.15) is 6.61 Å². The lowest BCUT2D eigenvalue weighted by atomic mass is 9.99. The van der Waals surface area contributed by atoms with Crippen LogP contribution in [-0.2, 0) is 19.1 Å². The molecular formula is C44H76O6. The van der Waals surface area contributed by atoms with Gasteiger partial charge in [-0.3, -0.25) is 9.59 Å². The van der Waals surface area contributed by atoms with E-state index in [1.54, 1.807) is 0 Å². The summed E-state index contributed by atoms with van der Waals surface area (Å²) in [6.45, 7) is 6.23. The first-order chi connectivity index (χ1) is 24.4. The summed E-state index contributed by atoms with van der Waals surface area (Å²) in [5.41, 5.74) is 0. The number of rotatable bonds is 35. The van der Waals surface area contributed by atoms with Crippen molar-refractivity contribution in [3.05, 3.63) is 60.8 Å². The summed E-state index contributed by atoms with van der Waals surface area (Å²) in [6, 6.07) is 0. The van der Waals surface area contributed by atoms with Gasteiger partial charge in [0.25, 0.3) is 0 Å². The Hall–Kier alpha value is -2.44. The van der Waals surface area contributed by atoms with Crippen molar-refractivity contribution >= 4 is 11.9 Å². The number of carbonyl (C=O) groups excluding carboxylic acids is 2. The van der Waals surface area contributed by atoms with Crippen LogP contribution in [-0.4, -0.2) is 47.6 Å². The van der Waals surface area contributed by atoms with E-state index in [-0.39, 0.29) is 31.6 Å². The van der Waals surface area contributed by atoms with Crippen molar-refractivity contribution in [1.82, 2.24) is 0 Å². The Bertz CT molecular complexity index is 917. The molecule has 0 aromatic carbocycles. The van der Waals surface area contributed by atoms with E-state index in [0.29, 0.717) is 19.3 Å². The second kappa shape index (κ2) is 37.8. The van der Waals surface area contributed by atoms with Gasteiger partial charge in [0.05, 0.1) is 12.7 Å². The van der Waals surface area contributed by atoms with Gasteiger partial charge in [-0.1, -0.05) is 178 Å². The number of aliphatic hydroxyl groups excluding tert-OH is 2. The van der Waals surface area contributed by atoms with Gasteiger partial charge in [-0.2, -0.15) is 0 Å². The molecule has 0 aromatic heterocycles. The molecule has 0 bridgehead atoms. The summed E-state index contributed by atoms with van der Waals surface area (Å²) >= 11 is 0. The quantitative estimate of drug-likeness (QED) is 0.0296. The van der Waals surface area contributed by atoms with Crippen LogP contribution in [0.2, 0.25) is 0 Å². The molecular weight excluding hydrogens is 624 g/mol. The van der Waals surface area contributed by atoms with Crippen LogP contribution >= 0.6 is 0 Å². The molecule has 2 unspecified atom stereocenters. The highest BCUT2D eigenvalue weighted by Gasteiger charge is 2.16. The molecule has 0 rings (SSSR count). The maximum atomic E-state index is 12.2. The Kier molecular flexibility index (Phi) is 36.0. The molecule has 0 saturated heterocycles. The average Bonchev–Trinajstić information content (AvgIpc) is 3.12. The lowest BCUT2D eigenvalue weighted by Gasteiger charge is -2.15. The fourth-order valence-corrected chi connectivity index (χ4v) is 5.47. The summed E-state index contributed by atoms with van der Waals surface area (Å²) in [4.78, 5) is 24.3. The monoisotopic (exact) mass is 701 g/mol. The highest BCUT2D eigenvalue weighted by atomic mass is 16.6. The third kappa shape index (κ3) is 35.4. The van der Waals surface area contributed by atoms with Gasteiger partial charge >= 0.3 is 11.9 Å². The van der Waals surface area contributed by atoms with E-state index in [1.807, 2.05) is 37.3 Å². The Balaban J connectivity index is 3.68. The molecule has 0 fully saturated rings. The zero-order valence-corrected chi connectivity index (χ0v) is 32.4. The van der Waals surface area contributed by atoms with Crippen LogP contribution in [0.3, 0.4) is 0 Å². The summed E-state index contributed by atoms with van der Waals surface area (Å²) in [7, 11) is 0. The molecule has 6 heteroatoms. The third-order valence-corrected chi connectivity index (χ3v) is 8.94. The van der Waals surface area contributed by atoms with Crippen molar-refractivity contribution in [2.45, 2.75) is 187 Å². The van der Waals surface area contributed by atoms with Crippen molar-refractivity contribution in [3.63, 3.8) is 0 Å². The predicted molar refractivity (Wildman–Crippen MR) is 211 cm³/mol. The predicted octanol–water partition coefficient (Wildman–Crippen LogP) is 11.6. The first kappa shape index (κ1) is 47.6. The number of aliphatic hydroxyl groups is 2. The van der Waals surface area contributed by atoms with Gasteiger partial charge in [-0.05, 0) is 50.9 Å². The molecule has 2 N–H and O–H groups in total. The van der Waals surface area contributed by atoms with E-state index in [0.717, 1.165) is 50.9 Å². The smallest absolute Gasteiger partial charge is 0.306 e. The normalized spacial score (nSPS) is 14.1. The third-order valence-electron chi connectivity index (χ3n) is 8.94. The Morgan fingerprint density at radius 2 is 1.18 bits per heavy atom. The number of hydrogen-bond acceptors (Lipinski definition) is 6. The van der Waals surface area contributed by atoms with Gasteiger partial charge in [0, 0.05) is 12.8 Å². The summed E-state index contributed by atoms with van der Waals surface area (Å²) in [5, 5.41) is 19.3. The zero-order chi connectivity index (χ0) is 36.8. The van der Waals surface area contributed by atoms with Gasteiger partial charge in [-0.25, -0.2) is 0 Å². The molecule has 0 aliphatic heterocycles. The van der Waals surface area contributed by atoms with E-state index < -0.39 is 12.2 Å². The fourth-order valence-electron chi connectivity index (χ4n) is 5.47. The van der Waals surface area contributed by atoms with Gasteiger partial charge in [0.2, 0.25) is 0 Å². The van der Waals surface area contributed by atoms with Crippen LogP contribution in [0.25, 0.3) is 0 Å². The van der Waals surface area contributed by atoms with Gasteiger partial charge in [0.15, 0.2) is 6.10 Å². The van der Waals surface area contributed by atoms with E-state index in [9.17, 15) is 19.8 Å². The molecule has 6 nitrogen and oxygen atoms in total. The molecule has 0 aromatic rings. The molecule has 3 atom stereocenters. The van der Waals surface area contributed by atoms with Crippen molar-refractivity contribution in [2.75, 3.05) is 13.2 Å². The fraction of sp³-hybridized carbons (Fsp3) is 0.727. The van der Waals surface area contributed by atoms with E-state index >= 15 is 0 Å². The summed E-state index contributed by atoms with van der Waals surface area (Å²) < 4.78 is 10.6. The molecule has 288 valence electrons. The molecule has 0 aliphatic carbocycles. The Labute approximate surface area is 307 Å². The lowest BCUT2D eigenvalue weighted by Crippen LogP contribution is -2.28. The number of esters is 2. The minimum absolute atomic E-state index is 0.109. The van der Waals surface area contributed by atoms with Crippen LogP contribution < -0.4 is 0 Å². The minimum atomic E-state index is -0.806. The summed E-state index contributed by atoms with van der Waals surface area (Å²) in [5.74, 6) is 0.211. The number of hydrogen-bond donors (Lipinski definition) is 2. The molecule has 0 spiro atoms. The maximum absolute atomic E-state index is 12.2. The van der Waals surface area contributed by atoms with E-state index in [4.69, 9.17) is 9.47 Å². The Morgan fingerprint density at radius 3 is 1.78 bits per heavy atom.